The first-order valence-electron chi connectivity index (χ1n) is 1.73. The SMILES string of the molecule is CC(C)C.[Ca+2].[H-].[H-].[Zn]. The van der Waals surface area contributed by atoms with Gasteiger partial charge in [-0.2, -0.15) is 0 Å². The molecule has 0 spiro atoms. The molecule has 0 aliphatic carbocycles. The van der Waals surface area contributed by atoms with Crippen molar-refractivity contribution in [1.29, 1.82) is 0 Å². The Morgan fingerprint density at radius 3 is 1.17 bits per heavy atom. The molecule has 0 aliphatic rings. The maximum absolute atomic E-state index is 2.17. The zero-order valence-corrected chi connectivity index (χ0v) is 10.2. The Labute approximate surface area is 85.8 Å². The van der Waals surface area contributed by atoms with Gasteiger partial charge in [0, 0.05) is 19.5 Å². The zero-order valence-electron chi connectivity index (χ0n) is 6.99. The standard InChI is InChI=1S/C4H10.Ca.Zn.2H/c1-4(2)3;;;;/h4H,1-3H3;;;;/q;+2;;2*-1. The van der Waals surface area contributed by atoms with Gasteiger partial charge in [0.05, 0.1) is 0 Å². The van der Waals surface area contributed by atoms with Gasteiger partial charge in [0.1, 0.15) is 0 Å². The van der Waals surface area contributed by atoms with Crippen LogP contribution >= 0.6 is 0 Å². The Kier molecular flexibility index (Phi) is 26.1. The third-order valence-electron chi connectivity index (χ3n) is 0. The molecule has 0 bridgehead atoms. The number of rotatable bonds is 0. The number of hydrogen-bond donors (Lipinski definition) is 0. The van der Waals surface area contributed by atoms with E-state index in [1.54, 1.807) is 0 Å². The van der Waals surface area contributed by atoms with E-state index in [2.05, 4.69) is 20.8 Å². The summed E-state index contributed by atoms with van der Waals surface area (Å²) < 4.78 is 0. The molecule has 0 saturated carbocycles. The van der Waals surface area contributed by atoms with E-state index in [0.29, 0.717) is 0 Å². The summed E-state index contributed by atoms with van der Waals surface area (Å²) in [4.78, 5) is 0. The molecule has 0 amide bonds. The molecule has 0 atom stereocenters. The molecular weight excluding hydrogens is 154 g/mol. The van der Waals surface area contributed by atoms with Crippen molar-refractivity contribution in [2.45, 2.75) is 20.8 Å². The van der Waals surface area contributed by atoms with Crippen LogP contribution < -0.4 is 0 Å². The Morgan fingerprint density at radius 2 is 1.17 bits per heavy atom. The van der Waals surface area contributed by atoms with Gasteiger partial charge >= 0.3 is 37.7 Å². The van der Waals surface area contributed by atoms with Crippen LogP contribution in [0.1, 0.15) is 23.6 Å². The van der Waals surface area contributed by atoms with Crippen molar-refractivity contribution in [2.75, 3.05) is 0 Å². The third kappa shape index (κ3) is 39.6. The summed E-state index contributed by atoms with van der Waals surface area (Å²) in [6, 6.07) is 0. The first kappa shape index (κ1) is 15.7. The normalized spacial score (nSPS) is 6.00. The molecule has 0 N–H and O–H groups in total. The summed E-state index contributed by atoms with van der Waals surface area (Å²) >= 11 is 0. The molecule has 2 heteroatoms. The number of hydrogen-bond acceptors (Lipinski definition) is 0. The molecule has 0 rings (SSSR count). The molecule has 0 saturated heterocycles. The van der Waals surface area contributed by atoms with Crippen molar-refractivity contribution in [1.82, 2.24) is 0 Å². The van der Waals surface area contributed by atoms with E-state index in [9.17, 15) is 0 Å². The van der Waals surface area contributed by atoms with E-state index in [0.717, 1.165) is 5.92 Å². The maximum atomic E-state index is 2.17. The second kappa shape index (κ2) is 9.99. The van der Waals surface area contributed by atoms with Crippen molar-refractivity contribution < 1.29 is 22.3 Å². The smallest absolute Gasteiger partial charge is 1.00 e. The first-order valence-corrected chi connectivity index (χ1v) is 1.73. The Morgan fingerprint density at radius 1 is 1.17 bits per heavy atom. The quantitative estimate of drug-likeness (QED) is 0.478. The second-order valence-electron chi connectivity index (χ2n) is 1.73. The topological polar surface area (TPSA) is 0 Å². The van der Waals surface area contributed by atoms with E-state index in [4.69, 9.17) is 0 Å². The monoisotopic (exact) mass is 164 g/mol. The Bertz CT molecular complexity index is 18.8. The van der Waals surface area contributed by atoms with E-state index in [1.165, 1.54) is 0 Å². The summed E-state index contributed by atoms with van der Waals surface area (Å²) in [6.07, 6.45) is 0. The largest absolute Gasteiger partial charge is 2.00 e. The predicted octanol–water partition coefficient (Wildman–Crippen LogP) is 1.50. The van der Waals surface area contributed by atoms with Crippen molar-refractivity contribution in [3.05, 3.63) is 0 Å². The van der Waals surface area contributed by atoms with Crippen LogP contribution in [0.2, 0.25) is 0 Å². The summed E-state index contributed by atoms with van der Waals surface area (Å²) in [5.74, 6) is 0.833. The van der Waals surface area contributed by atoms with Crippen molar-refractivity contribution in [2.24, 2.45) is 5.92 Å². The van der Waals surface area contributed by atoms with E-state index < -0.39 is 0 Å². The molecule has 6 heavy (non-hydrogen) atoms. The minimum absolute atomic E-state index is 0. The van der Waals surface area contributed by atoms with Gasteiger partial charge in [-0.15, -0.1) is 0 Å². The second-order valence-corrected chi connectivity index (χ2v) is 1.73. The van der Waals surface area contributed by atoms with Gasteiger partial charge in [-0.25, -0.2) is 0 Å². The van der Waals surface area contributed by atoms with Crippen LogP contribution in [0.5, 0.6) is 0 Å². The predicted molar refractivity (Wildman–Crippen MR) is 28.5 cm³/mol. The fourth-order valence-corrected chi connectivity index (χ4v) is 0. The van der Waals surface area contributed by atoms with Gasteiger partial charge in [-0.1, -0.05) is 20.8 Å². The average Bonchev–Trinajstić information content (AvgIpc) is 0.811. The van der Waals surface area contributed by atoms with Crippen LogP contribution in [0, 0.1) is 5.92 Å². The summed E-state index contributed by atoms with van der Waals surface area (Å²) in [7, 11) is 0. The zero-order chi connectivity index (χ0) is 3.58. The molecule has 0 aliphatic heterocycles. The summed E-state index contributed by atoms with van der Waals surface area (Å²) in [5.41, 5.74) is 0. The molecule has 0 fully saturated rings. The molecule has 0 unspecified atom stereocenters. The van der Waals surface area contributed by atoms with Crippen LogP contribution in [0.15, 0.2) is 0 Å². The van der Waals surface area contributed by atoms with Gasteiger partial charge in [0.15, 0.2) is 0 Å². The molecule has 0 heterocycles. The van der Waals surface area contributed by atoms with Gasteiger partial charge in [0.25, 0.3) is 0 Å². The van der Waals surface area contributed by atoms with Gasteiger partial charge in [-0.05, 0) is 5.92 Å². The molecule has 0 aromatic carbocycles. The van der Waals surface area contributed by atoms with E-state index in [1.807, 2.05) is 0 Å². The summed E-state index contributed by atoms with van der Waals surface area (Å²) in [6.45, 7) is 6.50. The van der Waals surface area contributed by atoms with Crippen LogP contribution in [-0.4, -0.2) is 37.7 Å². The minimum atomic E-state index is 0. The van der Waals surface area contributed by atoms with Gasteiger partial charge < -0.3 is 2.85 Å². The fraction of sp³-hybridized carbons (Fsp3) is 1.00. The summed E-state index contributed by atoms with van der Waals surface area (Å²) in [5, 5.41) is 0. The van der Waals surface area contributed by atoms with Gasteiger partial charge in [0.2, 0.25) is 0 Å². The van der Waals surface area contributed by atoms with E-state index in [-0.39, 0.29) is 60.1 Å². The average molecular weight is 166 g/mol. The first-order chi connectivity index (χ1) is 1.73. The minimum Gasteiger partial charge on any atom is -1.00 e. The molecule has 0 nitrogen and oxygen atoms in total. The fourth-order valence-electron chi connectivity index (χ4n) is 0. The van der Waals surface area contributed by atoms with Crippen LogP contribution in [0.4, 0.5) is 0 Å². The molecule has 32 valence electrons. The Balaban J connectivity index is -0.00000000750. The molecule has 0 aromatic rings. The molecular formula is C4H12CaZn. The van der Waals surface area contributed by atoms with Crippen LogP contribution in [-0.2, 0) is 19.5 Å². The van der Waals surface area contributed by atoms with E-state index >= 15 is 0 Å². The van der Waals surface area contributed by atoms with Crippen molar-refractivity contribution in [3.8, 4) is 0 Å². The maximum Gasteiger partial charge on any atom is 2.00 e. The van der Waals surface area contributed by atoms with Crippen molar-refractivity contribution >= 4 is 37.7 Å². The third-order valence-corrected chi connectivity index (χ3v) is 0. The molecule has 0 aromatic heterocycles. The van der Waals surface area contributed by atoms with Crippen molar-refractivity contribution in [3.63, 3.8) is 0 Å². The molecule has 0 radical (unpaired) electrons. The Hall–Kier alpha value is 1.88. The van der Waals surface area contributed by atoms with Gasteiger partial charge in [-0.3, -0.25) is 0 Å². The van der Waals surface area contributed by atoms with Crippen LogP contribution in [0.25, 0.3) is 0 Å². The van der Waals surface area contributed by atoms with Crippen LogP contribution in [0.3, 0.4) is 0 Å².